The molecule has 0 aliphatic carbocycles. The molecule has 2 aromatic heterocycles. The number of amides is 1. The maximum atomic E-state index is 11.6. The van der Waals surface area contributed by atoms with Gasteiger partial charge < -0.3 is 10.6 Å². The Hall–Kier alpha value is -2.73. The van der Waals surface area contributed by atoms with Crippen molar-refractivity contribution in [3.05, 3.63) is 54.0 Å². The van der Waals surface area contributed by atoms with E-state index in [0.717, 1.165) is 34.3 Å². The van der Waals surface area contributed by atoms with Crippen LogP contribution in [-0.2, 0) is 4.79 Å². The first-order valence-electron chi connectivity index (χ1n) is 7.78. The second kappa shape index (κ2) is 7.70. The highest BCUT2D eigenvalue weighted by Gasteiger charge is 2.06. The first-order valence-corrected chi connectivity index (χ1v) is 8.66. The number of nitrogens with zero attached hydrogens (tertiary/aromatic N) is 2. The highest BCUT2D eigenvalue weighted by Crippen LogP contribution is 2.27. The Morgan fingerprint density at radius 1 is 1.17 bits per heavy atom. The Labute approximate surface area is 144 Å². The molecule has 0 saturated carbocycles. The maximum Gasteiger partial charge on any atom is 0.224 e. The number of hydrogen-bond donors (Lipinski definition) is 2. The van der Waals surface area contributed by atoms with E-state index in [0.29, 0.717) is 6.42 Å². The number of carbonyl (C=O) groups excluding carboxylic acids is 1. The Morgan fingerprint density at radius 2 is 2.00 bits per heavy atom. The molecule has 0 aliphatic heterocycles. The molecular formula is C18H18N4OS. The summed E-state index contributed by atoms with van der Waals surface area (Å²) in [5.41, 5.74) is 2.71. The van der Waals surface area contributed by atoms with Crippen molar-refractivity contribution in [2.24, 2.45) is 0 Å². The molecule has 0 saturated heterocycles. The molecular weight excluding hydrogens is 320 g/mol. The number of benzene rings is 1. The molecule has 1 amide bonds. The molecule has 0 aliphatic rings. The number of pyridine rings is 1. The average molecular weight is 338 g/mol. The molecule has 5 nitrogen and oxygen atoms in total. The molecule has 3 aromatic rings. The fourth-order valence-corrected chi connectivity index (χ4v) is 2.91. The lowest BCUT2D eigenvalue weighted by Gasteiger charge is -2.05. The van der Waals surface area contributed by atoms with Gasteiger partial charge in [-0.2, -0.15) is 0 Å². The van der Waals surface area contributed by atoms with Crippen LogP contribution in [0.3, 0.4) is 0 Å². The van der Waals surface area contributed by atoms with Crippen LogP contribution in [0.15, 0.2) is 54.0 Å². The number of rotatable bonds is 6. The molecule has 122 valence electrons. The molecule has 1 aromatic carbocycles. The van der Waals surface area contributed by atoms with Crippen LogP contribution in [-0.4, -0.2) is 15.9 Å². The maximum absolute atomic E-state index is 11.6. The predicted octanol–water partition coefficient (Wildman–Crippen LogP) is 4.69. The van der Waals surface area contributed by atoms with Crippen LogP contribution in [0, 0.1) is 0 Å². The van der Waals surface area contributed by atoms with Gasteiger partial charge in [0.1, 0.15) is 5.82 Å². The van der Waals surface area contributed by atoms with E-state index in [9.17, 15) is 4.79 Å². The van der Waals surface area contributed by atoms with E-state index in [2.05, 4.69) is 20.6 Å². The highest BCUT2D eigenvalue weighted by atomic mass is 32.1. The lowest BCUT2D eigenvalue weighted by Crippen LogP contribution is -2.10. The number of anilines is 3. The molecule has 0 bridgehead atoms. The van der Waals surface area contributed by atoms with E-state index in [-0.39, 0.29) is 5.91 Å². The van der Waals surface area contributed by atoms with Crippen molar-refractivity contribution in [3.63, 3.8) is 0 Å². The highest BCUT2D eigenvalue weighted by molar-refractivity contribution is 7.14. The van der Waals surface area contributed by atoms with Crippen LogP contribution in [0.1, 0.15) is 19.8 Å². The topological polar surface area (TPSA) is 66.9 Å². The molecule has 0 fully saturated rings. The molecule has 6 heteroatoms. The first kappa shape index (κ1) is 16.1. The number of thiazole rings is 1. The van der Waals surface area contributed by atoms with E-state index in [1.165, 1.54) is 11.3 Å². The monoisotopic (exact) mass is 338 g/mol. The van der Waals surface area contributed by atoms with Gasteiger partial charge in [-0.1, -0.05) is 25.1 Å². The van der Waals surface area contributed by atoms with Crippen LogP contribution in [0.2, 0.25) is 0 Å². The van der Waals surface area contributed by atoms with Gasteiger partial charge in [0, 0.05) is 29.2 Å². The van der Waals surface area contributed by atoms with Crippen LogP contribution < -0.4 is 10.6 Å². The molecule has 3 rings (SSSR count). The van der Waals surface area contributed by atoms with Gasteiger partial charge in [-0.3, -0.25) is 4.79 Å². The van der Waals surface area contributed by atoms with Crippen LogP contribution in [0.5, 0.6) is 0 Å². The van der Waals surface area contributed by atoms with Crippen molar-refractivity contribution in [1.82, 2.24) is 9.97 Å². The summed E-state index contributed by atoms with van der Waals surface area (Å²) >= 11 is 1.53. The third-order valence-corrected chi connectivity index (χ3v) is 4.10. The minimum Gasteiger partial charge on any atom is -0.326 e. The van der Waals surface area contributed by atoms with Gasteiger partial charge in [0.25, 0.3) is 0 Å². The molecule has 2 heterocycles. The van der Waals surface area contributed by atoms with Gasteiger partial charge in [0.15, 0.2) is 5.13 Å². The number of hydrogen-bond acceptors (Lipinski definition) is 5. The zero-order chi connectivity index (χ0) is 16.8. The minimum atomic E-state index is 0.0424. The van der Waals surface area contributed by atoms with E-state index in [1.807, 2.05) is 54.8 Å². The van der Waals surface area contributed by atoms with Crippen LogP contribution >= 0.6 is 11.3 Å². The van der Waals surface area contributed by atoms with E-state index < -0.39 is 0 Å². The summed E-state index contributed by atoms with van der Waals surface area (Å²) in [5.74, 6) is 0.813. The lowest BCUT2D eigenvalue weighted by molar-refractivity contribution is -0.116. The summed E-state index contributed by atoms with van der Waals surface area (Å²) in [6, 6.07) is 13.4. The smallest absolute Gasteiger partial charge is 0.224 e. The summed E-state index contributed by atoms with van der Waals surface area (Å²) in [5, 5.41) is 8.86. The second-order valence-electron chi connectivity index (χ2n) is 5.25. The number of aromatic nitrogens is 2. The fraction of sp³-hybridized carbons (Fsp3) is 0.167. The van der Waals surface area contributed by atoms with Gasteiger partial charge in [0.05, 0.1) is 5.69 Å². The molecule has 2 N–H and O–H groups in total. The first-order chi connectivity index (χ1) is 11.7. The minimum absolute atomic E-state index is 0.0424. The third kappa shape index (κ3) is 4.17. The third-order valence-electron chi connectivity index (χ3n) is 3.35. The van der Waals surface area contributed by atoms with Crippen molar-refractivity contribution in [3.8, 4) is 11.3 Å². The SMILES string of the molecule is CCCC(=O)Nc1ccc(-c2csc(Nc3ccccn3)n2)cc1. The number of carbonyl (C=O) groups is 1. The van der Waals surface area contributed by atoms with E-state index >= 15 is 0 Å². The Balaban J connectivity index is 1.67. The summed E-state index contributed by atoms with van der Waals surface area (Å²) in [7, 11) is 0. The standard InChI is InChI=1S/C18H18N4OS/c1-2-5-17(23)20-14-9-7-13(8-10-14)15-12-24-18(21-15)22-16-6-3-4-11-19-16/h3-4,6-12H,2,5H2,1H3,(H,20,23)(H,19,21,22). The summed E-state index contributed by atoms with van der Waals surface area (Å²) in [6.07, 6.45) is 3.12. The van der Waals surface area contributed by atoms with Gasteiger partial charge >= 0.3 is 0 Å². The second-order valence-corrected chi connectivity index (χ2v) is 6.11. The molecule has 0 unspecified atom stereocenters. The van der Waals surface area contributed by atoms with Gasteiger partial charge in [-0.15, -0.1) is 11.3 Å². The molecule has 0 atom stereocenters. The summed E-state index contributed by atoms with van der Waals surface area (Å²) in [6.45, 7) is 1.99. The van der Waals surface area contributed by atoms with E-state index in [4.69, 9.17) is 0 Å². The Bertz CT molecular complexity index is 799. The average Bonchev–Trinajstić information content (AvgIpc) is 3.05. The van der Waals surface area contributed by atoms with Crippen molar-refractivity contribution in [1.29, 1.82) is 0 Å². The van der Waals surface area contributed by atoms with Crippen molar-refractivity contribution in [2.75, 3.05) is 10.6 Å². The van der Waals surface area contributed by atoms with Crippen molar-refractivity contribution in [2.45, 2.75) is 19.8 Å². The van der Waals surface area contributed by atoms with Gasteiger partial charge in [0.2, 0.25) is 5.91 Å². The fourth-order valence-electron chi connectivity index (χ4n) is 2.18. The molecule has 24 heavy (non-hydrogen) atoms. The quantitative estimate of drug-likeness (QED) is 0.684. The summed E-state index contributed by atoms with van der Waals surface area (Å²) in [4.78, 5) is 20.4. The Morgan fingerprint density at radius 3 is 2.71 bits per heavy atom. The van der Waals surface area contributed by atoms with Crippen LogP contribution in [0.25, 0.3) is 11.3 Å². The largest absolute Gasteiger partial charge is 0.326 e. The number of nitrogens with one attached hydrogen (secondary N) is 2. The lowest BCUT2D eigenvalue weighted by atomic mass is 10.1. The predicted molar refractivity (Wildman–Crippen MR) is 98.6 cm³/mol. The zero-order valence-electron chi connectivity index (χ0n) is 13.3. The van der Waals surface area contributed by atoms with Crippen molar-refractivity contribution >= 4 is 33.9 Å². The normalized spacial score (nSPS) is 10.4. The Kier molecular flexibility index (Phi) is 5.18. The molecule has 0 radical (unpaired) electrons. The molecule has 0 spiro atoms. The van der Waals surface area contributed by atoms with E-state index in [1.54, 1.807) is 6.20 Å². The van der Waals surface area contributed by atoms with Crippen LogP contribution in [0.4, 0.5) is 16.6 Å². The van der Waals surface area contributed by atoms with Gasteiger partial charge in [-0.05, 0) is 30.7 Å². The van der Waals surface area contributed by atoms with Crippen molar-refractivity contribution < 1.29 is 4.79 Å². The zero-order valence-corrected chi connectivity index (χ0v) is 14.1. The summed E-state index contributed by atoms with van der Waals surface area (Å²) < 4.78 is 0. The van der Waals surface area contributed by atoms with Gasteiger partial charge in [-0.25, -0.2) is 9.97 Å².